The van der Waals surface area contributed by atoms with Crippen molar-refractivity contribution in [2.45, 2.75) is 82.8 Å². The maximum absolute atomic E-state index is 6.32. The van der Waals surface area contributed by atoms with E-state index in [0.717, 1.165) is 51.0 Å². The van der Waals surface area contributed by atoms with Crippen molar-refractivity contribution < 1.29 is 9.31 Å². The monoisotopic (exact) mass is 645 g/mol. The molecule has 49 heavy (non-hydrogen) atoms. The van der Waals surface area contributed by atoms with Crippen molar-refractivity contribution in [3.63, 3.8) is 0 Å². The van der Waals surface area contributed by atoms with Crippen LogP contribution < -0.4 is 5.46 Å². The van der Waals surface area contributed by atoms with E-state index in [0.29, 0.717) is 22.9 Å². The zero-order chi connectivity index (χ0) is 33.4. The van der Waals surface area contributed by atoms with E-state index in [-0.39, 0.29) is 0 Å². The summed E-state index contributed by atoms with van der Waals surface area (Å²) < 4.78 is 12.6. The van der Waals surface area contributed by atoms with Crippen molar-refractivity contribution in [1.29, 1.82) is 0 Å². The molecule has 1 saturated heterocycles. The third-order valence-electron chi connectivity index (χ3n) is 12.4. The van der Waals surface area contributed by atoms with E-state index in [1.807, 2.05) is 6.07 Å². The van der Waals surface area contributed by atoms with Crippen LogP contribution in [0.2, 0.25) is 0 Å². The van der Waals surface area contributed by atoms with E-state index in [2.05, 4.69) is 125 Å². The highest BCUT2D eigenvalue weighted by molar-refractivity contribution is 6.62. The minimum atomic E-state index is -0.420. The van der Waals surface area contributed by atoms with Crippen molar-refractivity contribution in [2.24, 2.45) is 17.8 Å². The molecule has 5 fully saturated rings. The van der Waals surface area contributed by atoms with E-state index >= 15 is 0 Å². The molecule has 1 aliphatic heterocycles. The zero-order valence-electron chi connectivity index (χ0n) is 29.0. The van der Waals surface area contributed by atoms with E-state index in [1.165, 1.54) is 44.1 Å². The molecular weight excluding hydrogens is 601 g/mol. The SMILES string of the molecule is CC1(C)OB(c2ccc(-c3nc(-c4ccc(C56CC7CC(CC(C7)C5)C6)cc4)nc(-c4cccc(-c5ccccc5)c4)n3)cc2)OC1(C)C. The van der Waals surface area contributed by atoms with E-state index in [4.69, 9.17) is 24.3 Å². The van der Waals surface area contributed by atoms with Gasteiger partial charge in [0.05, 0.1) is 11.2 Å². The lowest BCUT2D eigenvalue weighted by atomic mass is 9.48. The molecule has 0 atom stereocenters. The van der Waals surface area contributed by atoms with Gasteiger partial charge in [-0.1, -0.05) is 97.1 Å². The highest BCUT2D eigenvalue weighted by atomic mass is 16.7. The largest absolute Gasteiger partial charge is 0.494 e. The fourth-order valence-corrected chi connectivity index (χ4v) is 9.44. The van der Waals surface area contributed by atoms with Gasteiger partial charge in [-0.2, -0.15) is 0 Å². The van der Waals surface area contributed by atoms with Gasteiger partial charge >= 0.3 is 7.12 Å². The Balaban J connectivity index is 1.08. The molecule has 5 nitrogen and oxygen atoms in total. The summed E-state index contributed by atoms with van der Waals surface area (Å²) in [6.07, 6.45) is 8.44. The Morgan fingerprint density at radius 2 is 0.980 bits per heavy atom. The zero-order valence-corrected chi connectivity index (χ0v) is 29.0. The van der Waals surface area contributed by atoms with E-state index < -0.39 is 18.3 Å². The van der Waals surface area contributed by atoms with Gasteiger partial charge < -0.3 is 9.31 Å². The van der Waals surface area contributed by atoms with Crippen LogP contribution in [0.3, 0.4) is 0 Å². The average Bonchev–Trinajstić information content (AvgIpc) is 3.34. The third-order valence-corrected chi connectivity index (χ3v) is 12.4. The molecular formula is C43H44BN3O2. The van der Waals surface area contributed by atoms with Crippen LogP contribution in [0.5, 0.6) is 0 Å². The second kappa shape index (κ2) is 11.5. The number of aromatic nitrogens is 3. The first-order chi connectivity index (χ1) is 23.6. The standard InChI is InChI=1S/C43H44BN3O2/c1-41(2)42(3,4)49-44(48-41)37-19-15-33(16-20-37)39-45-38(46-40(47-39)35-12-8-11-34(24-35)31-9-6-5-7-10-31)32-13-17-36(18-14-32)43-25-28-21-29(26-43)23-30(22-28)27-43/h5-20,24,28-30H,21-23,25-27H2,1-4H3. The molecule has 246 valence electrons. The molecule has 2 heterocycles. The summed E-state index contributed by atoms with van der Waals surface area (Å²) in [7, 11) is -0.420. The Morgan fingerprint density at radius 1 is 0.510 bits per heavy atom. The second-order valence-electron chi connectivity index (χ2n) is 16.2. The van der Waals surface area contributed by atoms with Gasteiger partial charge in [0.25, 0.3) is 0 Å². The fraction of sp³-hybridized carbons (Fsp3) is 0.372. The minimum Gasteiger partial charge on any atom is -0.399 e. The highest BCUT2D eigenvalue weighted by Gasteiger charge is 2.52. The van der Waals surface area contributed by atoms with Crippen LogP contribution in [0.4, 0.5) is 0 Å². The highest BCUT2D eigenvalue weighted by Crippen LogP contribution is 2.60. The van der Waals surface area contributed by atoms with Crippen LogP contribution in [0.1, 0.15) is 71.8 Å². The van der Waals surface area contributed by atoms with Crippen molar-refractivity contribution in [2.75, 3.05) is 0 Å². The van der Waals surface area contributed by atoms with E-state index in [1.54, 1.807) is 0 Å². The van der Waals surface area contributed by atoms with Crippen molar-refractivity contribution >= 4 is 12.6 Å². The molecule has 10 rings (SSSR count). The molecule has 0 spiro atoms. The Hall–Kier alpha value is -4.13. The number of hydrogen-bond acceptors (Lipinski definition) is 5. The van der Waals surface area contributed by atoms with Gasteiger partial charge in [-0.25, -0.2) is 15.0 Å². The third kappa shape index (κ3) is 5.54. The van der Waals surface area contributed by atoms with Crippen LogP contribution in [-0.2, 0) is 14.7 Å². The summed E-state index contributed by atoms with van der Waals surface area (Å²) >= 11 is 0. The van der Waals surface area contributed by atoms with Gasteiger partial charge in [0.15, 0.2) is 17.5 Å². The topological polar surface area (TPSA) is 57.1 Å². The summed E-state index contributed by atoms with van der Waals surface area (Å²) in [6.45, 7) is 8.32. The number of benzene rings is 4. The van der Waals surface area contributed by atoms with Gasteiger partial charge in [-0.3, -0.25) is 0 Å². The predicted octanol–water partition coefficient (Wildman–Crippen LogP) is 9.31. The van der Waals surface area contributed by atoms with Gasteiger partial charge in [0, 0.05) is 16.7 Å². The van der Waals surface area contributed by atoms with Gasteiger partial charge in [-0.15, -0.1) is 0 Å². The quantitative estimate of drug-likeness (QED) is 0.172. The predicted molar refractivity (Wildman–Crippen MR) is 197 cm³/mol. The average molecular weight is 646 g/mol. The molecule has 6 heteroatoms. The molecule has 5 aromatic rings. The molecule has 0 N–H and O–H groups in total. The number of rotatable bonds is 6. The Bertz CT molecular complexity index is 1950. The Kier molecular flexibility index (Phi) is 7.23. The molecule has 0 unspecified atom stereocenters. The molecule has 5 aliphatic rings. The van der Waals surface area contributed by atoms with Crippen LogP contribution in [-0.4, -0.2) is 33.3 Å². The summed E-state index contributed by atoms with van der Waals surface area (Å²) in [4.78, 5) is 15.3. The van der Waals surface area contributed by atoms with E-state index in [9.17, 15) is 0 Å². The van der Waals surface area contributed by atoms with Gasteiger partial charge in [-0.05, 0) is 118 Å². The Morgan fingerprint density at radius 3 is 1.53 bits per heavy atom. The summed E-state index contributed by atoms with van der Waals surface area (Å²) in [5, 5.41) is 0. The molecule has 0 radical (unpaired) electrons. The van der Waals surface area contributed by atoms with Crippen LogP contribution in [0.25, 0.3) is 45.3 Å². The lowest BCUT2D eigenvalue weighted by Crippen LogP contribution is -2.48. The first-order valence-corrected chi connectivity index (χ1v) is 18.1. The number of hydrogen-bond donors (Lipinski definition) is 0. The second-order valence-corrected chi connectivity index (χ2v) is 16.2. The number of nitrogens with zero attached hydrogens (tertiary/aromatic N) is 3. The molecule has 4 aliphatic carbocycles. The van der Waals surface area contributed by atoms with Crippen LogP contribution in [0, 0.1) is 17.8 Å². The van der Waals surface area contributed by atoms with Crippen molar-refractivity contribution in [3.05, 3.63) is 109 Å². The summed E-state index contributed by atoms with van der Waals surface area (Å²) in [5.41, 5.74) is 7.27. The van der Waals surface area contributed by atoms with Gasteiger partial charge in [0.2, 0.25) is 0 Å². The normalized spacial score (nSPS) is 26.3. The maximum Gasteiger partial charge on any atom is 0.494 e. The Labute approximate surface area is 290 Å². The summed E-state index contributed by atoms with van der Waals surface area (Å²) in [6, 6.07) is 36.5. The molecule has 4 aromatic carbocycles. The molecule has 1 aromatic heterocycles. The maximum atomic E-state index is 6.32. The summed E-state index contributed by atoms with van der Waals surface area (Å²) in [5.74, 6) is 4.76. The van der Waals surface area contributed by atoms with Gasteiger partial charge in [0.1, 0.15) is 0 Å². The smallest absolute Gasteiger partial charge is 0.399 e. The lowest BCUT2D eigenvalue weighted by Gasteiger charge is -2.57. The lowest BCUT2D eigenvalue weighted by molar-refractivity contribution is -0.00518. The molecule has 0 amide bonds. The van der Waals surface area contributed by atoms with Crippen LogP contribution in [0.15, 0.2) is 103 Å². The first kappa shape index (κ1) is 30.9. The van der Waals surface area contributed by atoms with Crippen molar-refractivity contribution in [3.8, 4) is 45.3 Å². The van der Waals surface area contributed by atoms with Crippen molar-refractivity contribution in [1.82, 2.24) is 15.0 Å². The van der Waals surface area contributed by atoms with Crippen LogP contribution >= 0.6 is 0 Å². The molecule has 4 saturated carbocycles. The fourth-order valence-electron chi connectivity index (χ4n) is 9.44. The minimum absolute atomic E-state index is 0.361. The first-order valence-electron chi connectivity index (χ1n) is 18.1. The molecule has 4 bridgehead atoms.